The third kappa shape index (κ3) is 4.60. The van der Waals surface area contributed by atoms with Crippen LogP contribution in [-0.4, -0.2) is 13.0 Å². The van der Waals surface area contributed by atoms with E-state index in [4.69, 9.17) is 21.1 Å². The zero-order valence-corrected chi connectivity index (χ0v) is 15.9. The molecule has 0 aliphatic heterocycles. The third-order valence-corrected chi connectivity index (χ3v) is 4.59. The summed E-state index contributed by atoms with van der Waals surface area (Å²) < 4.78 is 11.2. The molecule has 0 aliphatic rings. The molecule has 0 fully saturated rings. The van der Waals surface area contributed by atoms with Crippen LogP contribution in [0.5, 0.6) is 11.5 Å². The van der Waals surface area contributed by atoms with Gasteiger partial charge in [0.25, 0.3) is 5.91 Å². The summed E-state index contributed by atoms with van der Waals surface area (Å²) in [7, 11) is 1.55. The minimum Gasteiger partial charge on any atom is -0.493 e. The smallest absolute Gasteiger partial charge is 0.255 e. The number of anilines is 1. The first-order valence-electron chi connectivity index (χ1n) is 8.49. The highest BCUT2D eigenvalue weighted by molar-refractivity contribution is 6.31. The Balaban J connectivity index is 1.75. The quantitative estimate of drug-likeness (QED) is 0.614. The van der Waals surface area contributed by atoms with Gasteiger partial charge in [-0.25, -0.2) is 0 Å². The Morgan fingerprint density at radius 1 is 1.00 bits per heavy atom. The molecule has 3 aromatic rings. The summed E-state index contributed by atoms with van der Waals surface area (Å²) in [5, 5.41) is 3.48. The van der Waals surface area contributed by atoms with Crippen LogP contribution < -0.4 is 14.8 Å². The van der Waals surface area contributed by atoms with E-state index in [1.165, 1.54) is 0 Å². The van der Waals surface area contributed by atoms with E-state index in [9.17, 15) is 4.79 Å². The van der Waals surface area contributed by atoms with Gasteiger partial charge in [0.05, 0.1) is 7.11 Å². The molecule has 4 nitrogen and oxygen atoms in total. The van der Waals surface area contributed by atoms with E-state index in [2.05, 4.69) is 5.32 Å². The fraction of sp³-hybridized carbons (Fsp3) is 0.136. The normalized spacial score (nSPS) is 10.3. The van der Waals surface area contributed by atoms with Gasteiger partial charge in [-0.3, -0.25) is 4.79 Å². The fourth-order valence-electron chi connectivity index (χ4n) is 2.60. The molecule has 3 aromatic carbocycles. The molecule has 0 atom stereocenters. The maximum Gasteiger partial charge on any atom is 0.255 e. The highest BCUT2D eigenvalue weighted by Crippen LogP contribution is 2.30. The van der Waals surface area contributed by atoms with Gasteiger partial charge in [-0.05, 0) is 48.4 Å². The van der Waals surface area contributed by atoms with Gasteiger partial charge in [0.15, 0.2) is 11.5 Å². The Morgan fingerprint density at radius 2 is 1.78 bits per heavy atom. The van der Waals surface area contributed by atoms with Crippen LogP contribution in [0.3, 0.4) is 0 Å². The van der Waals surface area contributed by atoms with Gasteiger partial charge in [0.2, 0.25) is 0 Å². The molecule has 5 heteroatoms. The van der Waals surface area contributed by atoms with E-state index in [-0.39, 0.29) is 5.91 Å². The lowest BCUT2D eigenvalue weighted by Crippen LogP contribution is -2.13. The van der Waals surface area contributed by atoms with Crippen LogP contribution in [0, 0.1) is 6.92 Å². The molecule has 1 amide bonds. The summed E-state index contributed by atoms with van der Waals surface area (Å²) in [6.45, 7) is 2.28. The SMILES string of the molecule is COc1cc(C(=O)Nc2cccc(Cl)c2C)ccc1OCc1ccccc1. The van der Waals surface area contributed by atoms with Gasteiger partial charge < -0.3 is 14.8 Å². The van der Waals surface area contributed by atoms with Crippen LogP contribution in [0.25, 0.3) is 0 Å². The maximum atomic E-state index is 12.6. The lowest BCUT2D eigenvalue weighted by molar-refractivity contribution is 0.102. The highest BCUT2D eigenvalue weighted by Gasteiger charge is 2.13. The van der Waals surface area contributed by atoms with Crippen LogP contribution in [0.4, 0.5) is 5.69 Å². The molecular formula is C22H20ClNO3. The zero-order chi connectivity index (χ0) is 19.2. The van der Waals surface area contributed by atoms with Gasteiger partial charge in [-0.15, -0.1) is 0 Å². The molecular weight excluding hydrogens is 362 g/mol. The Bertz CT molecular complexity index is 942. The number of halogens is 1. The van der Waals surface area contributed by atoms with Crippen molar-refractivity contribution >= 4 is 23.2 Å². The summed E-state index contributed by atoms with van der Waals surface area (Å²) >= 11 is 6.11. The van der Waals surface area contributed by atoms with E-state index in [1.807, 2.05) is 43.3 Å². The molecule has 0 radical (unpaired) electrons. The first-order chi connectivity index (χ1) is 13.1. The van der Waals surface area contributed by atoms with E-state index in [0.717, 1.165) is 11.1 Å². The van der Waals surface area contributed by atoms with Crippen LogP contribution in [-0.2, 0) is 6.61 Å². The van der Waals surface area contributed by atoms with Crippen molar-refractivity contribution in [2.24, 2.45) is 0 Å². The Kier molecular flexibility index (Phi) is 5.99. The molecule has 138 valence electrons. The first-order valence-corrected chi connectivity index (χ1v) is 8.87. The highest BCUT2D eigenvalue weighted by atomic mass is 35.5. The summed E-state index contributed by atoms with van der Waals surface area (Å²) in [6, 6.07) is 20.4. The van der Waals surface area contributed by atoms with Crippen molar-refractivity contribution in [3.63, 3.8) is 0 Å². The van der Waals surface area contributed by atoms with E-state index in [0.29, 0.717) is 34.4 Å². The van der Waals surface area contributed by atoms with Crippen molar-refractivity contribution < 1.29 is 14.3 Å². The van der Waals surface area contributed by atoms with Crippen LogP contribution in [0.1, 0.15) is 21.5 Å². The van der Waals surface area contributed by atoms with E-state index >= 15 is 0 Å². The molecule has 0 bridgehead atoms. The number of ether oxygens (including phenoxy) is 2. The summed E-state index contributed by atoms with van der Waals surface area (Å²) in [6.07, 6.45) is 0. The van der Waals surface area contributed by atoms with Crippen molar-refractivity contribution in [1.29, 1.82) is 0 Å². The van der Waals surface area contributed by atoms with Crippen molar-refractivity contribution in [1.82, 2.24) is 0 Å². The van der Waals surface area contributed by atoms with Crippen molar-refractivity contribution in [3.8, 4) is 11.5 Å². The molecule has 1 N–H and O–H groups in total. The number of carbonyl (C=O) groups excluding carboxylic acids is 1. The molecule has 0 aromatic heterocycles. The topological polar surface area (TPSA) is 47.6 Å². The molecule has 3 rings (SSSR count). The van der Waals surface area contributed by atoms with Gasteiger partial charge in [0.1, 0.15) is 6.61 Å². The zero-order valence-electron chi connectivity index (χ0n) is 15.2. The average Bonchev–Trinajstić information content (AvgIpc) is 2.70. The van der Waals surface area contributed by atoms with Gasteiger partial charge in [0, 0.05) is 16.3 Å². The van der Waals surface area contributed by atoms with Gasteiger partial charge in [-0.1, -0.05) is 48.0 Å². The second kappa shape index (κ2) is 8.60. The Labute approximate surface area is 163 Å². The maximum absolute atomic E-state index is 12.6. The Morgan fingerprint density at radius 3 is 2.52 bits per heavy atom. The van der Waals surface area contributed by atoms with E-state index < -0.39 is 0 Å². The Hall–Kier alpha value is -2.98. The monoisotopic (exact) mass is 381 g/mol. The fourth-order valence-corrected chi connectivity index (χ4v) is 2.78. The number of hydrogen-bond donors (Lipinski definition) is 1. The summed E-state index contributed by atoms with van der Waals surface area (Å²) in [5.41, 5.74) is 3.02. The second-order valence-electron chi connectivity index (χ2n) is 6.01. The predicted octanol–water partition coefficient (Wildman–Crippen LogP) is 5.49. The number of rotatable bonds is 6. The van der Waals surface area contributed by atoms with Crippen molar-refractivity contribution in [2.75, 3.05) is 12.4 Å². The number of carbonyl (C=O) groups is 1. The predicted molar refractivity (Wildman–Crippen MR) is 108 cm³/mol. The number of hydrogen-bond acceptors (Lipinski definition) is 3. The van der Waals surface area contributed by atoms with Crippen LogP contribution in [0.15, 0.2) is 66.7 Å². The van der Waals surface area contributed by atoms with Gasteiger partial charge >= 0.3 is 0 Å². The summed E-state index contributed by atoms with van der Waals surface area (Å²) in [4.78, 5) is 12.6. The summed E-state index contributed by atoms with van der Waals surface area (Å²) in [5.74, 6) is 0.839. The number of amides is 1. The first kappa shape index (κ1) is 18.8. The lowest BCUT2D eigenvalue weighted by Gasteiger charge is -2.13. The number of nitrogens with one attached hydrogen (secondary N) is 1. The minimum atomic E-state index is -0.242. The lowest BCUT2D eigenvalue weighted by atomic mass is 10.1. The van der Waals surface area contributed by atoms with Gasteiger partial charge in [-0.2, -0.15) is 0 Å². The van der Waals surface area contributed by atoms with Crippen molar-refractivity contribution in [2.45, 2.75) is 13.5 Å². The molecule has 0 spiro atoms. The van der Waals surface area contributed by atoms with Crippen LogP contribution >= 0.6 is 11.6 Å². The molecule has 0 aliphatic carbocycles. The molecule has 0 heterocycles. The minimum absolute atomic E-state index is 0.242. The van der Waals surface area contributed by atoms with Crippen LogP contribution in [0.2, 0.25) is 5.02 Å². The number of benzene rings is 3. The van der Waals surface area contributed by atoms with E-state index in [1.54, 1.807) is 37.4 Å². The largest absolute Gasteiger partial charge is 0.493 e. The number of methoxy groups -OCH3 is 1. The third-order valence-electron chi connectivity index (χ3n) is 4.18. The van der Waals surface area contributed by atoms with Crippen molar-refractivity contribution in [3.05, 3.63) is 88.4 Å². The molecule has 0 unspecified atom stereocenters. The molecule has 0 saturated heterocycles. The standard InChI is InChI=1S/C22H20ClNO3/c1-15-18(23)9-6-10-19(15)24-22(25)17-11-12-20(21(13-17)26-2)27-14-16-7-4-3-5-8-16/h3-13H,14H2,1-2H3,(H,24,25). The average molecular weight is 382 g/mol. The second-order valence-corrected chi connectivity index (χ2v) is 6.41. The molecule has 0 saturated carbocycles. The molecule has 27 heavy (non-hydrogen) atoms.